The smallest absolute Gasteiger partial charge is 0.228 e. The summed E-state index contributed by atoms with van der Waals surface area (Å²) in [5.41, 5.74) is 4.89. The van der Waals surface area contributed by atoms with Crippen molar-refractivity contribution in [2.75, 3.05) is 16.8 Å². The third-order valence-electron chi connectivity index (χ3n) is 5.35. The predicted octanol–water partition coefficient (Wildman–Crippen LogP) is 4.39. The molecule has 2 aromatic rings. The van der Waals surface area contributed by atoms with Gasteiger partial charge < -0.3 is 10.2 Å². The molecule has 1 aromatic carbocycles. The van der Waals surface area contributed by atoms with E-state index in [1.54, 1.807) is 6.20 Å². The molecule has 4 rings (SSSR count). The number of amides is 1. The lowest BCUT2D eigenvalue weighted by Crippen LogP contribution is -2.26. The van der Waals surface area contributed by atoms with Gasteiger partial charge >= 0.3 is 0 Å². The third-order valence-corrected chi connectivity index (χ3v) is 5.35. The summed E-state index contributed by atoms with van der Waals surface area (Å²) in [5.74, 6) is 0.929. The Morgan fingerprint density at radius 3 is 2.64 bits per heavy atom. The van der Waals surface area contributed by atoms with Gasteiger partial charge in [0.05, 0.1) is 0 Å². The zero-order chi connectivity index (χ0) is 17.4. The van der Waals surface area contributed by atoms with Gasteiger partial charge in [0.2, 0.25) is 5.91 Å². The summed E-state index contributed by atoms with van der Waals surface area (Å²) in [6.07, 6.45) is 6.32. The van der Waals surface area contributed by atoms with Crippen LogP contribution in [0.3, 0.4) is 0 Å². The molecule has 1 saturated heterocycles. The molecule has 0 bridgehead atoms. The molecule has 0 spiro atoms. The molecule has 4 nitrogen and oxygen atoms in total. The minimum atomic E-state index is 0.0965. The second kappa shape index (κ2) is 6.51. The van der Waals surface area contributed by atoms with Crippen LogP contribution >= 0.6 is 0 Å². The van der Waals surface area contributed by atoms with Crippen molar-refractivity contribution in [3.8, 4) is 11.1 Å². The highest BCUT2D eigenvalue weighted by molar-refractivity contribution is 5.93. The van der Waals surface area contributed by atoms with Gasteiger partial charge in [0.25, 0.3) is 0 Å². The van der Waals surface area contributed by atoms with Crippen molar-refractivity contribution in [2.45, 2.75) is 45.6 Å². The SMILES string of the molecule is Cc1cc(-c2ccnc(NC(=O)C3CC3)c2)ccc1N1CCC[C@H]1C. The molecule has 2 aliphatic rings. The summed E-state index contributed by atoms with van der Waals surface area (Å²) in [7, 11) is 0. The van der Waals surface area contributed by atoms with Gasteiger partial charge in [-0.2, -0.15) is 0 Å². The van der Waals surface area contributed by atoms with Crippen LogP contribution in [0, 0.1) is 12.8 Å². The fourth-order valence-electron chi connectivity index (χ4n) is 3.70. The van der Waals surface area contributed by atoms with Gasteiger partial charge in [0, 0.05) is 30.4 Å². The van der Waals surface area contributed by atoms with Gasteiger partial charge in [-0.1, -0.05) is 6.07 Å². The number of pyridine rings is 1. The number of carbonyl (C=O) groups is 1. The first-order valence-corrected chi connectivity index (χ1v) is 9.26. The van der Waals surface area contributed by atoms with Crippen molar-refractivity contribution in [3.05, 3.63) is 42.1 Å². The Labute approximate surface area is 149 Å². The quantitative estimate of drug-likeness (QED) is 0.901. The molecular formula is C21H25N3O. The van der Waals surface area contributed by atoms with Crippen molar-refractivity contribution in [2.24, 2.45) is 5.92 Å². The Morgan fingerprint density at radius 1 is 1.16 bits per heavy atom. The minimum Gasteiger partial charge on any atom is -0.369 e. The van der Waals surface area contributed by atoms with E-state index in [0.29, 0.717) is 11.9 Å². The topological polar surface area (TPSA) is 45.2 Å². The van der Waals surface area contributed by atoms with Crippen LogP contribution in [0.4, 0.5) is 11.5 Å². The molecule has 1 N–H and O–H groups in total. The van der Waals surface area contributed by atoms with E-state index in [2.05, 4.69) is 47.2 Å². The summed E-state index contributed by atoms with van der Waals surface area (Å²) < 4.78 is 0. The van der Waals surface area contributed by atoms with Crippen molar-refractivity contribution in [3.63, 3.8) is 0 Å². The first-order valence-electron chi connectivity index (χ1n) is 9.26. The van der Waals surface area contributed by atoms with Crippen LogP contribution in [0.1, 0.15) is 38.2 Å². The van der Waals surface area contributed by atoms with Crippen molar-refractivity contribution >= 4 is 17.4 Å². The molecule has 1 aliphatic carbocycles. The van der Waals surface area contributed by atoms with E-state index in [9.17, 15) is 4.79 Å². The standard InChI is InChI=1S/C21H25N3O/c1-14-12-17(7-8-19(14)24-11-3-4-15(24)2)18-9-10-22-20(13-18)23-21(25)16-5-6-16/h7-10,12-13,15-16H,3-6,11H2,1-2H3,(H,22,23,25)/t15-/m1/s1. The highest BCUT2D eigenvalue weighted by Crippen LogP contribution is 2.33. The third kappa shape index (κ3) is 3.39. The van der Waals surface area contributed by atoms with Crippen LogP contribution in [-0.2, 0) is 4.79 Å². The molecule has 1 aliphatic heterocycles. The van der Waals surface area contributed by atoms with Crippen LogP contribution in [0.25, 0.3) is 11.1 Å². The number of hydrogen-bond donors (Lipinski definition) is 1. The molecular weight excluding hydrogens is 310 g/mol. The molecule has 1 amide bonds. The molecule has 2 heterocycles. The van der Waals surface area contributed by atoms with Crippen LogP contribution in [0.2, 0.25) is 0 Å². The van der Waals surface area contributed by atoms with Gasteiger partial charge in [-0.05, 0) is 80.5 Å². The minimum absolute atomic E-state index is 0.0965. The predicted molar refractivity (Wildman–Crippen MR) is 102 cm³/mol. The zero-order valence-electron chi connectivity index (χ0n) is 15.0. The number of nitrogens with zero attached hydrogens (tertiary/aromatic N) is 2. The van der Waals surface area contributed by atoms with E-state index < -0.39 is 0 Å². The molecule has 0 radical (unpaired) electrons. The number of rotatable bonds is 4. The maximum absolute atomic E-state index is 11.9. The second-order valence-corrected chi connectivity index (χ2v) is 7.38. The van der Waals surface area contributed by atoms with Crippen molar-refractivity contribution < 1.29 is 4.79 Å². The van der Waals surface area contributed by atoms with E-state index in [4.69, 9.17) is 0 Å². The number of hydrogen-bond acceptors (Lipinski definition) is 3. The zero-order valence-corrected chi connectivity index (χ0v) is 15.0. The summed E-state index contributed by atoms with van der Waals surface area (Å²) >= 11 is 0. The fourth-order valence-corrected chi connectivity index (χ4v) is 3.70. The Bertz CT molecular complexity index is 797. The van der Waals surface area contributed by atoms with Gasteiger partial charge in [0.15, 0.2) is 0 Å². The van der Waals surface area contributed by atoms with Gasteiger partial charge in [0.1, 0.15) is 5.82 Å². The number of nitrogens with one attached hydrogen (secondary N) is 1. The maximum Gasteiger partial charge on any atom is 0.228 e. The van der Waals surface area contributed by atoms with E-state index in [0.717, 1.165) is 30.5 Å². The molecule has 1 atom stereocenters. The molecule has 130 valence electrons. The number of carbonyl (C=O) groups excluding carboxylic acids is 1. The Balaban J connectivity index is 1.57. The van der Waals surface area contributed by atoms with Gasteiger partial charge in [-0.15, -0.1) is 0 Å². The van der Waals surface area contributed by atoms with E-state index in [-0.39, 0.29) is 11.8 Å². The number of benzene rings is 1. The summed E-state index contributed by atoms with van der Waals surface area (Å²) in [4.78, 5) is 18.7. The lowest BCUT2D eigenvalue weighted by atomic mass is 10.0. The molecule has 0 unspecified atom stereocenters. The lowest BCUT2D eigenvalue weighted by molar-refractivity contribution is -0.117. The highest BCUT2D eigenvalue weighted by Gasteiger charge is 2.29. The van der Waals surface area contributed by atoms with E-state index in [1.165, 1.54) is 24.1 Å². The van der Waals surface area contributed by atoms with Crippen molar-refractivity contribution in [1.29, 1.82) is 0 Å². The molecule has 1 aromatic heterocycles. The molecule has 1 saturated carbocycles. The van der Waals surface area contributed by atoms with Crippen LogP contribution in [-0.4, -0.2) is 23.5 Å². The molecule has 25 heavy (non-hydrogen) atoms. The summed E-state index contributed by atoms with van der Waals surface area (Å²) in [6.45, 7) is 5.63. The Hall–Kier alpha value is -2.36. The van der Waals surface area contributed by atoms with Crippen LogP contribution in [0.15, 0.2) is 36.5 Å². The van der Waals surface area contributed by atoms with Gasteiger partial charge in [-0.25, -0.2) is 4.98 Å². The average Bonchev–Trinajstić information content (AvgIpc) is 3.38. The lowest BCUT2D eigenvalue weighted by Gasteiger charge is -2.26. The molecule has 2 fully saturated rings. The van der Waals surface area contributed by atoms with Crippen LogP contribution < -0.4 is 10.2 Å². The molecule has 4 heteroatoms. The van der Waals surface area contributed by atoms with Gasteiger partial charge in [-0.3, -0.25) is 4.79 Å². The highest BCUT2D eigenvalue weighted by atomic mass is 16.2. The fraction of sp³-hybridized carbons (Fsp3) is 0.429. The summed E-state index contributed by atoms with van der Waals surface area (Å²) in [6, 6.07) is 11.2. The van der Waals surface area contributed by atoms with E-state index >= 15 is 0 Å². The first kappa shape index (κ1) is 16.1. The maximum atomic E-state index is 11.9. The summed E-state index contributed by atoms with van der Waals surface area (Å²) in [5, 5.41) is 2.93. The first-order chi connectivity index (χ1) is 12.1. The normalized spacial score (nSPS) is 19.9. The largest absolute Gasteiger partial charge is 0.369 e. The van der Waals surface area contributed by atoms with Crippen molar-refractivity contribution in [1.82, 2.24) is 4.98 Å². The monoisotopic (exact) mass is 335 g/mol. The number of anilines is 2. The number of aryl methyl sites for hydroxylation is 1. The second-order valence-electron chi connectivity index (χ2n) is 7.38. The Kier molecular flexibility index (Phi) is 4.20. The average molecular weight is 335 g/mol. The van der Waals surface area contributed by atoms with E-state index in [1.807, 2.05) is 12.1 Å². The number of aromatic nitrogens is 1. The van der Waals surface area contributed by atoms with Crippen LogP contribution in [0.5, 0.6) is 0 Å². The Morgan fingerprint density at radius 2 is 1.96 bits per heavy atom.